The number of likely N-dealkylation sites (tertiary alicyclic amines) is 1. The molecule has 2 heterocycles. The Bertz CT molecular complexity index is 749. The minimum absolute atomic E-state index is 0.236. The van der Waals surface area contributed by atoms with Crippen LogP contribution in [0.4, 0.5) is 13.2 Å². The number of nitrogens with zero attached hydrogens (tertiary/aromatic N) is 3. The molecule has 122 valence electrons. The molecule has 1 saturated heterocycles. The number of aliphatic hydroxyl groups is 1. The van der Waals surface area contributed by atoms with Gasteiger partial charge >= 0.3 is 6.18 Å². The van der Waals surface area contributed by atoms with Gasteiger partial charge in [0.05, 0.1) is 34.8 Å². The monoisotopic (exact) mass is 325 g/mol. The van der Waals surface area contributed by atoms with E-state index < -0.39 is 17.8 Å². The summed E-state index contributed by atoms with van der Waals surface area (Å²) in [4.78, 5) is 13.7. The van der Waals surface area contributed by atoms with Crippen molar-refractivity contribution < 1.29 is 23.1 Å². The molecule has 1 aliphatic rings. The highest BCUT2D eigenvalue weighted by Crippen LogP contribution is 2.30. The smallest absolute Gasteiger partial charge is 0.389 e. The van der Waals surface area contributed by atoms with Crippen LogP contribution in [0.3, 0.4) is 0 Å². The van der Waals surface area contributed by atoms with E-state index in [1.165, 1.54) is 27.9 Å². The van der Waals surface area contributed by atoms with Crippen molar-refractivity contribution in [2.75, 3.05) is 13.1 Å². The van der Waals surface area contributed by atoms with Gasteiger partial charge in [0.2, 0.25) is 0 Å². The third-order valence-corrected chi connectivity index (χ3v) is 3.81. The number of carbonyl (C=O) groups is 1. The maximum atomic E-state index is 12.8. The Morgan fingerprint density at radius 3 is 2.65 bits per heavy atom. The first-order valence-corrected chi connectivity index (χ1v) is 6.97. The molecule has 0 bridgehead atoms. The first kappa shape index (κ1) is 15.5. The summed E-state index contributed by atoms with van der Waals surface area (Å²) < 4.78 is 39.7. The van der Waals surface area contributed by atoms with E-state index in [0.717, 1.165) is 12.1 Å². The van der Waals surface area contributed by atoms with Gasteiger partial charge in [0.1, 0.15) is 0 Å². The number of hydrogen-bond donors (Lipinski definition) is 1. The normalized spacial score (nSPS) is 15.6. The van der Waals surface area contributed by atoms with Gasteiger partial charge in [-0.25, -0.2) is 4.68 Å². The first-order valence-electron chi connectivity index (χ1n) is 6.97. The first-order chi connectivity index (χ1) is 10.8. The maximum absolute atomic E-state index is 12.8. The van der Waals surface area contributed by atoms with E-state index in [1.807, 2.05) is 0 Å². The predicted molar refractivity (Wildman–Crippen MR) is 75.2 cm³/mol. The Hall–Kier alpha value is -2.35. The van der Waals surface area contributed by atoms with Crippen LogP contribution in [0.2, 0.25) is 0 Å². The molecule has 0 atom stereocenters. The molecule has 3 rings (SSSR count). The topological polar surface area (TPSA) is 58.4 Å². The maximum Gasteiger partial charge on any atom is 0.416 e. The van der Waals surface area contributed by atoms with Crippen molar-refractivity contribution in [3.05, 3.63) is 47.3 Å². The molecule has 2 aromatic rings. The molecule has 23 heavy (non-hydrogen) atoms. The average Bonchev–Trinajstić information content (AvgIpc) is 2.84. The largest absolute Gasteiger partial charge is 0.416 e. The van der Waals surface area contributed by atoms with Crippen LogP contribution in [-0.4, -0.2) is 44.9 Å². The summed E-state index contributed by atoms with van der Waals surface area (Å²) in [5, 5.41) is 13.3. The Balaban J connectivity index is 1.92. The molecular weight excluding hydrogens is 311 g/mol. The molecule has 1 N–H and O–H groups in total. The van der Waals surface area contributed by atoms with Crippen LogP contribution in [0.1, 0.15) is 21.6 Å². The van der Waals surface area contributed by atoms with Crippen molar-refractivity contribution >= 4 is 5.91 Å². The number of amides is 1. The number of aliphatic hydroxyl groups excluding tert-OH is 1. The molecule has 5 nitrogen and oxygen atoms in total. The quantitative estimate of drug-likeness (QED) is 0.919. The predicted octanol–water partition coefficient (Wildman–Crippen LogP) is 2.02. The highest BCUT2D eigenvalue weighted by atomic mass is 19.4. The fourth-order valence-corrected chi connectivity index (χ4v) is 2.49. The van der Waals surface area contributed by atoms with Gasteiger partial charge in [0.25, 0.3) is 5.91 Å². The molecule has 1 fully saturated rings. The van der Waals surface area contributed by atoms with Crippen LogP contribution in [0.15, 0.2) is 30.5 Å². The van der Waals surface area contributed by atoms with Crippen molar-refractivity contribution in [1.29, 1.82) is 0 Å². The lowest BCUT2D eigenvalue weighted by atomic mass is 10.1. The van der Waals surface area contributed by atoms with Gasteiger partial charge in [-0.15, -0.1) is 0 Å². The molecule has 1 aliphatic heterocycles. The lowest BCUT2D eigenvalue weighted by Gasteiger charge is -2.35. The number of carbonyl (C=O) groups excluding carboxylic acids is 1. The van der Waals surface area contributed by atoms with E-state index in [4.69, 9.17) is 0 Å². The molecule has 0 spiro atoms. The lowest BCUT2D eigenvalue weighted by molar-refractivity contribution is -0.137. The number of rotatable bonds is 2. The van der Waals surface area contributed by atoms with Gasteiger partial charge < -0.3 is 10.0 Å². The summed E-state index contributed by atoms with van der Waals surface area (Å²) in [6, 6.07) is 4.76. The van der Waals surface area contributed by atoms with Crippen molar-refractivity contribution in [1.82, 2.24) is 14.7 Å². The number of hydrogen-bond acceptors (Lipinski definition) is 3. The molecular formula is C15H14F3N3O2. The van der Waals surface area contributed by atoms with Crippen LogP contribution in [0, 0.1) is 6.92 Å². The second-order valence-corrected chi connectivity index (χ2v) is 5.47. The highest BCUT2D eigenvalue weighted by molar-refractivity contribution is 5.95. The van der Waals surface area contributed by atoms with Crippen LogP contribution in [0.5, 0.6) is 0 Å². The zero-order chi connectivity index (χ0) is 16.8. The number of alkyl halides is 3. The summed E-state index contributed by atoms with van der Waals surface area (Å²) in [6.07, 6.45) is -3.62. The van der Waals surface area contributed by atoms with Crippen molar-refractivity contribution in [3.63, 3.8) is 0 Å². The SMILES string of the molecule is Cc1c(C(=O)N2CC(O)C2)cnn1-c1cccc(C(F)(F)F)c1. The number of aromatic nitrogens is 2. The zero-order valence-electron chi connectivity index (χ0n) is 12.2. The Labute approximate surface area is 129 Å². The Morgan fingerprint density at radius 1 is 1.35 bits per heavy atom. The van der Waals surface area contributed by atoms with Gasteiger partial charge in [-0.05, 0) is 25.1 Å². The molecule has 1 amide bonds. The fourth-order valence-electron chi connectivity index (χ4n) is 2.49. The molecule has 1 aromatic heterocycles. The van der Waals surface area contributed by atoms with Crippen LogP contribution in [0.25, 0.3) is 5.69 Å². The van der Waals surface area contributed by atoms with Gasteiger partial charge in [0.15, 0.2) is 0 Å². The summed E-state index contributed by atoms with van der Waals surface area (Å²) in [5.74, 6) is -0.286. The van der Waals surface area contributed by atoms with E-state index in [9.17, 15) is 23.1 Å². The van der Waals surface area contributed by atoms with Gasteiger partial charge in [-0.2, -0.15) is 18.3 Å². The van der Waals surface area contributed by atoms with E-state index in [-0.39, 0.29) is 24.7 Å². The average molecular weight is 325 g/mol. The third kappa shape index (κ3) is 2.81. The number of benzene rings is 1. The molecule has 1 aromatic carbocycles. The second kappa shape index (κ2) is 5.38. The van der Waals surface area contributed by atoms with Gasteiger partial charge in [-0.3, -0.25) is 4.79 Å². The van der Waals surface area contributed by atoms with Crippen LogP contribution in [-0.2, 0) is 6.18 Å². The summed E-state index contributed by atoms with van der Waals surface area (Å²) >= 11 is 0. The Kier molecular flexibility index (Phi) is 3.63. The molecule has 0 radical (unpaired) electrons. The van der Waals surface area contributed by atoms with Crippen molar-refractivity contribution in [2.24, 2.45) is 0 Å². The van der Waals surface area contributed by atoms with E-state index in [2.05, 4.69) is 5.10 Å². The van der Waals surface area contributed by atoms with E-state index >= 15 is 0 Å². The van der Waals surface area contributed by atoms with Crippen molar-refractivity contribution in [2.45, 2.75) is 19.2 Å². The number of β-amino-alcohol motifs (C(OH)–C–C–N with tert-alkyl or cyclic N) is 1. The molecule has 0 aliphatic carbocycles. The summed E-state index contributed by atoms with van der Waals surface area (Å²) in [5.41, 5.74) is 0.230. The highest BCUT2D eigenvalue weighted by Gasteiger charge is 2.32. The minimum Gasteiger partial charge on any atom is -0.389 e. The van der Waals surface area contributed by atoms with Crippen molar-refractivity contribution in [3.8, 4) is 5.69 Å². The summed E-state index contributed by atoms with van der Waals surface area (Å²) in [7, 11) is 0. The van der Waals surface area contributed by atoms with E-state index in [0.29, 0.717) is 11.3 Å². The molecule has 8 heteroatoms. The number of halogens is 3. The van der Waals surface area contributed by atoms with Crippen LogP contribution >= 0.6 is 0 Å². The van der Waals surface area contributed by atoms with Gasteiger partial charge in [-0.1, -0.05) is 6.07 Å². The summed E-state index contributed by atoms with van der Waals surface area (Å²) in [6.45, 7) is 2.14. The zero-order valence-corrected chi connectivity index (χ0v) is 12.2. The second-order valence-electron chi connectivity index (χ2n) is 5.47. The minimum atomic E-state index is -4.44. The molecule has 0 saturated carbocycles. The molecule has 0 unspecified atom stereocenters. The van der Waals surface area contributed by atoms with Crippen LogP contribution < -0.4 is 0 Å². The third-order valence-electron chi connectivity index (χ3n) is 3.81. The van der Waals surface area contributed by atoms with E-state index in [1.54, 1.807) is 6.92 Å². The lowest BCUT2D eigenvalue weighted by Crippen LogP contribution is -2.53. The fraction of sp³-hybridized carbons (Fsp3) is 0.333. The van der Waals surface area contributed by atoms with Gasteiger partial charge in [0, 0.05) is 13.1 Å². The standard InChI is InChI=1S/C15H14F3N3O2/c1-9-13(14(23)20-7-12(22)8-20)6-19-21(9)11-4-2-3-10(5-11)15(16,17)18/h2-6,12,22H,7-8H2,1H3. The Morgan fingerprint density at radius 2 is 2.04 bits per heavy atom.